The molecule has 0 aromatic heterocycles. The highest BCUT2D eigenvalue weighted by atomic mass is 35.5. The summed E-state index contributed by atoms with van der Waals surface area (Å²) in [6.07, 6.45) is -4.84. The first-order valence-corrected chi connectivity index (χ1v) is 8.47. The number of carbonyl (C=O) groups excluding carboxylic acids is 1. The maximum atomic E-state index is 13.1. The number of nitrogens with zero attached hydrogens (tertiary/aromatic N) is 2. The van der Waals surface area contributed by atoms with Crippen LogP contribution in [0.2, 0.25) is 5.02 Å². The highest BCUT2D eigenvalue weighted by Crippen LogP contribution is 2.37. The molecule has 1 amide bonds. The Morgan fingerprint density at radius 1 is 1.17 bits per heavy atom. The Bertz CT molecular complexity index is 714. The Kier molecular flexibility index (Phi) is 4.93. The van der Waals surface area contributed by atoms with Crippen molar-refractivity contribution in [3.8, 4) is 0 Å². The molecule has 1 aromatic carbocycles. The maximum Gasteiger partial charge on any atom is 0.417 e. The summed E-state index contributed by atoms with van der Waals surface area (Å²) in [4.78, 5) is 11.9. The van der Waals surface area contributed by atoms with E-state index in [1.54, 1.807) is 0 Å². The summed E-state index contributed by atoms with van der Waals surface area (Å²) in [7, 11) is -4.32. The third kappa shape index (κ3) is 3.78. The average molecular weight is 371 g/mol. The van der Waals surface area contributed by atoms with Gasteiger partial charge >= 0.3 is 6.18 Å². The molecule has 0 spiro atoms. The van der Waals surface area contributed by atoms with Gasteiger partial charge in [-0.05, 0) is 18.2 Å². The van der Waals surface area contributed by atoms with Crippen molar-refractivity contribution in [2.24, 2.45) is 0 Å². The molecule has 0 radical (unpaired) electrons. The van der Waals surface area contributed by atoms with Gasteiger partial charge < -0.3 is 4.90 Å². The second kappa shape index (κ2) is 6.29. The van der Waals surface area contributed by atoms with Gasteiger partial charge in [0.25, 0.3) is 0 Å². The molecule has 0 aliphatic carbocycles. The van der Waals surface area contributed by atoms with E-state index in [0.29, 0.717) is 6.07 Å². The van der Waals surface area contributed by atoms with E-state index in [1.165, 1.54) is 11.8 Å². The molecular formula is C13H14ClF3N2O3S. The van der Waals surface area contributed by atoms with E-state index < -0.39 is 26.7 Å². The lowest BCUT2D eigenvalue weighted by Crippen LogP contribution is -2.50. The minimum atomic E-state index is -4.84. The van der Waals surface area contributed by atoms with Crippen molar-refractivity contribution in [2.45, 2.75) is 18.0 Å². The van der Waals surface area contributed by atoms with Crippen molar-refractivity contribution in [1.82, 2.24) is 9.21 Å². The average Bonchev–Trinajstić information content (AvgIpc) is 2.46. The summed E-state index contributed by atoms with van der Waals surface area (Å²) in [5, 5.41) is -0.197. The number of sulfonamides is 1. The fraction of sp³-hybridized carbons (Fsp3) is 0.462. The molecule has 1 heterocycles. The van der Waals surface area contributed by atoms with Crippen molar-refractivity contribution < 1.29 is 26.4 Å². The quantitative estimate of drug-likeness (QED) is 0.802. The van der Waals surface area contributed by atoms with Crippen LogP contribution in [0, 0.1) is 0 Å². The van der Waals surface area contributed by atoms with Crippen molar-refractivity contribution >= 4 is 27.5 Å². The molecule has 0 atom stereocenters. The fourth-order valence-electron chi connectivity index (χ4n) is 2.33. The predicted molar refractivity (Wildman–Crippen MR) is 77.5 cm³/mol. The van der Waals surface area contributed by atoms with Crippen molar-refractivity contribution in [1.29, 1.82) is 0 Å². The molecule has 128 valence electrons. The van der Waals surface area contributed by atoms with Crippen LogP contribution < -0.4 is 0 Å². The first-order chi connectivity index (χ1) is 10.5. The summed E-state index contributed by atoms with van der Waals surface area (Å²) >= 11 is 5.56. The van der Waals surface area contributed by atoms with Crippen molar-refractivity contribution in [3.63, 3.8) is 0 Å². The summed E-state index contributed by atoms with van der Waals surface area (Å²) in [5.74, 6) is -0.204. The lowest BCUT2D eigenvalue weighted by Gasteiger charge is -2.33. The van der Waals surface area contributed by atoms with Crippen LogP contribution in [0.4, 0.5) is 13.2 Å². The van der Waals surface area contributed by atoms with Gasteiger partial charge in [0, 0.05) is 38.1 Å². The van der Waals surface area contributed by atoms with Crippen LogP contribution in [0.5, 0.6) is 0 Å². The number of benzene rings is 1. The normalized spacial score (nSPS) is 17.3. The van der Waals surface area contributed by atoms with Crippen LogP contribution in [-0.2, 0) is 21.0 Å². The number of hydrogen-bond acceptors (Lipinski definition) is 3. The first kappa shape index (κ1) is 18.0. The van der Waals surface area contributed by atoms with Gasteiger partial charge in [0.15, 0.2) is 0 Å². The topological polar surface area (TPSA) is 57.7 Å². The van der Waals surface area contributed by atoms with E-state index in [1.807, 2.05) is 0 Å². The number of alkyl halides is 3. The fourth-order valence-corrected chi connectivity index (χ4v) is 4.12. The molecular weight excluding hydrogens is 357 g/mol. The number of amides is 1. The zero-order valence-electron chi connectivity index (χ0n) is 12.1. The summed E-state index contributed by atoms with van der Waals surface area (Å²) in [5.41, 5.74) is -1.29. The van der Waals surface area contributed by atoms with Crippen molar-refractivity contribution in [2.75, 3.05) is 26.2 Å². The number of halogens is 4. The Hall–Kier alpha value is -1.32. The van der Waals surface area contributed by atoms with Crippen LogP contribution in [0.3, 0.4) is 0 Å². The Morgan fingerprint density at radius 2 is 1.74 bits per heavy atom. The molecule has 0 saturated carbocycles. The standard InChI is InChI=1S/C13H14ClF3N2O3S/c1-9(20)18-4-6-19(7-5-18)23(21,22)12-3-2-10(14)8-11(12)13(15,16)17/h2-3,8H,4-7H2,1H3. The van der Waals surface area contributed by atoms with E-state index in [9.17, 15) is 26.4 Å². The number of hydrogen-bond donors (Lipinski definition) is 0. The van der Waals surface area contributed by atoms with Gasteiger partial charge in [-0.3, -0.25) is 4.79 Å². The third-order valence-corrected chi connectivity index (χ3v) is 5.74. The lowest BCUT2D eigenvalue weighted by molar-refractivity contribution is -0.139. The summed E-state index contributed by atoms with van der Waals surface area (Å²) < 4.78 is 65.3. The van der Waals surface area contributed by atoms with E-state index in [0.717, 1.165) is 16.4 Å². The highest BCUT2D eigenvalue weighted by molar-refractivity contribution is 7.89. The Labute approximate surface area is 136 Å². The molecule has 1 saturated heterocycles. The van der Waals surface area contributed by atoms with Crippen LogP contribution in [-0.4, -0.2) is 49.7 Å². The molecule has 0 unspecified atom stereocenters. The van der Waals surface area contributed by atoms with E-state index in [2.05, 4.69) is 0 Å². The molecule has 5 nitrogen and oxygen atoms in total. The van der Waals surface area contributed by atoms with Gasteiger partial charge in [-0.25, -0.2) is 8.42 Å². The molecule has 1 aromatic rings. The van der Waals surface area contributed by atoms with Gasteiger partial charge in [0.2, 0.25) is 15.9 Å². The molecule has 0 bridgehead atoms. The van der Waals surface area contributed by atoms with Crippen LogP contribution >= 0.6 is 11.6 Å². The monoisotopic (exact) mass is 370 g/mol. The van der Waals surface area contributed by atoms with Crippen LogP contribution in [0.15, 0.2) is 23.1 Å². The van der Waals surface area contributed by atoms with E-state index in [-0.39, 0.29) is 37.1 Å². The highest BCUT2D eigenvalue weighted by Gasteiger charge is 2.40. The minimum Gasteiger partial charge on any atom is -0.340 e. The SMILES string of the molecule is CC(=O)N1CCN(S(=O)(=O)c2ccc(Cl)cc2C(F)(F)F)CC1. The smallest absolute Gasteiger partial charge is 0.340 e. The number of piperazine rings is 1. The van der Waals surface area contributed by atoms with Crippen LogP contribution in [0.25, 0.3) is 0 Å². The van der Waals surface area contributed by atoms with Gasteiger partial charge in [-0.15, -0.1) is 0 Å². The van der Waals surface area contributed by atoms with Crippen LogP contribution in [0.1, 0.15) is 12.5 Å². The van der Waals surface area contributed by atoms with Gasteiger partial charge in [-0.1, -0.05) is 11.6 Å². The molecule has 23 heavy (non-hydrogen) atoms. The largest absolute Gasteiger partial charge is 0.417 e. The molecule has 1 fully saturated rings. The zero-order chi connectivity index (χ0) is 17.4. The van der Waals surface area contributed by atoms with Gasteiger partial charge in [0.1, 0.15) is 0 Å². The lowest BCUT2D eigenvalue weighted by atomic mass is 10.2. The summed E-state index contributed by atoms with van der Waals surface area (Å²) in [6, 6.07) is 2.56. The molecule has 10 heteroatoms. The zero-order valence-corrected chi connectivity index (χ0v) is 13.7. The number of rotatable bonds is 2. The molecule has 1 aliphatic rings. The number of carbonyl (C=O) groups is 1. The van der Waals surface area contributed by atoms with E-state index in [4.69, 9.17) is 11.6 Å². The maximum absolute atomic E-state index is 13.1. The van der Waals surface area contributed by atoms with E-state index >= 15 is 0 Å². The molecule has 0 N–H and O–H groups in total. The second-order valence-corrected chi connectivity index (χ2v) is 7.39. The van der Waals surface area contributed by atoms with Gasteiger partial charge in [0.05, 0.1) is 10.5 Å². The second-order valence-electron chi connectivity index (χ2n) is 5.05. The molecule has 2 rings (SSSR count). The van der Waals surface area contributed by atoms with Crippen molar-refractivity contribution in [3.05, 3.63) is 28.8 Å². The molecule has 1 aliphatic heterocycles. The Morgan fingerprint density at radius 3 is 2.22 bits per heavy atom. The third-order valence-electron chi connectivity index (χ3n) is 3.55. The predicted octanol–water partition coefficient (Wildman–Crippen LogP) is 2.21. The summed E-state index contributed by atoms with van der Waals surface area (Å²) in [6.45, 7) is 1.53. The Balaban J connectivity index is 2.36. The first-order valence-electron chi connectivity index (χ1n) is 6.66. The van der Waals surface area contributed by atoms with Gasteiger partial charge in [-0.2, -0.15) is 17.5 Å². The minimum absolute atomic E-state index is 0.0537.